The molecule has 0 saturated carbocycles. The maximum absolute atomic E-state index is 13.0. The number of hydrogen-bond acceptors (Lipinski definition) is 3. The Bertz CT molecular complexity index is 2150. The van der Waals surface area contributed by atoms with Crippen LogP contribution in [0.1, 0.15) is 50.7 Å². The Morgan fingerprint density at radius 2 is 1.45 bits per heavy atom. The summed E-state index contributed by atoms with van der Waals surface area (Å²) in [5.41, 5.74) is 8.16. The molecule has 0 aliphatic carbocycles. The van der Waals surface area contributed by atoms with Crippen LogP contribution in [-0.2, 0) is 0 Å². The van der Waals surface area contributed by atoms with Crippen LogP contribution < -0.4 is 5.43 Å². The average Bonchev–Trinajstić information content (AvgIpc) is 3.45. The number of rotatable bonds is 5. The number of H-pyrrole nitrogens is 1. The van der Waals surface area contributed by atoms with Gasteiger partial charge in [-0.05, 0) is 58.0 Å². The standard InChI is InChI=1S/C37H32N4O/c1-22(2)26-10-6-11-27(23(3)4)36(26)41-21-32(40-37(41)29-12-7-14-30-28(29)13-8-20-38-30)31-19-18-25-17-16-24-9-5-15-33(42)34(24)35(25)39-31/h5-23,39H,1-4H3. The lowest BCUT2D eigenvalue weighted by atomic mass is 9.92. The third-order valence-corrected chi connectivity index (χ3v) is 8.18. The summed E-state index contributed by atoms with van der Waals surface area (Å²) < 4.78 is 2.27. The van der Waals surface area contributed by atoms with Crippen LogP contribution in [0.4, 0.5) is 0 Å². The third-order valence-electron chi connectivity index (χ3n) is 8.18. The summed E-state index contributed by atoms with van der Waals surface area (Å²) in [6.45, 7) is 8.96. The van der Waals surface area contributed by atoms with Gasteiger partial charge in [-0.1, -0.05) is 94.4 Å². The van der Waals surface area contributed by atoms with Gasteiger partial charge in [-0.15, -0.1) is 0 Å². The van der Waals surface area contributed by atoms with Gasteiger partial charge in [0.05, 0.1) is 27.8 Å². The monoisotopic (exact) mass is 548 g/mol. The van der Waals surface area contributed by atoms with Crippen LogP contribution in [0.2, 0.25) is 0 Å². The minimum absolute atomic E-state index is 0.00779. The molecule has 7 rings (SSSR count). The van der Waals surface area contributed by atoms with Crippen molar-refractivity contribution in [1.29, 1.82) is 0 Å². The van der Waals surface area contributed by atoms with E-state index < -0.39 is 0 Å². The molecular formula is C37H32N4O. The highest BCUT2D eigenvalue weighted by Crippen LogP contribution is 2.38. The second-order valence-electron chi connectivity index (χ2n) is 11.5. The molecule has 0 bridgehead atoms. The highest BCUT2D eigenvalue weighted by molar-refractivity contribution is 6.05. The van der Waals surface area contributed by atoms with Gasteiger partial charge in [0.15, 0.2) is 5.43 Å². The fourth-order valence-corrected chi connectivity index (χ4v) is 6.09. The van der Waals surface area contributed by atoms with Crippen LogP contribution in [0, 0.1) is 0 Å². The second-order valence-corrected chi connectivity index (χ2v) is 11.5. The lowest BCUT2D eigenvalue weighted by Gasteiger charge is -2.22. The lowest BCUT2D eigenvalue weighted by molar-refractivity contribution is 0.807. The number of nitrogens with zero attached hydrogens (tertiary/aromatic N) is 3. The van der Waals surface area contributed by atoms with Crippen molar-refractivity contribution in [3.05, 3.63) is 125 Å². The number of hydrogen-bond donors (Lipinski definition) is 1. The van der Waals surface area contributed by atoms with Gasteiger partial charge in [-0.2, -0.15) is 0 Å². The van der Waals surface area contributed by atoms with Crippen LogP contribution in [0.5, 0.6) is 0 Å². The number of benzene rings is 4. The summed E-state index contributed by atoms with van der Waals surface area (Å²) in [7, 11) is 0. The predicted molar refractivity (Wildman–Crippen MR) is 174 cm³/mol. The molecule has 0 saturated heterocycles. The summed E-state index contributed by atoms with van der Waals surface area (Å²) in [6.07, 6.45) is 3.96. The van der Waals surface area contributed by atoms with Crippen molar-refractivity contribution in [2.75, 3.05) is 0 Å². The Hall–Kier alpha value is -5.03. The summed E-state index contributed by atoms with van der Waals surface area (Å²) in [4.78, 5) is 26.5. The fraction of sp³-hybridized carbons (Fsp3) is 0.162. The molecule has 3 heterocycles. The minimum Gasteiger partial charge on any atom is -0.353 e. The number of imidazole rings is 1. The van der Waals surface area contributed by atoms with Gasteiger partial charge in [0.1, 0.15) is 11.5 Å². The number of aromatic nitrogens is 4. The smallest absolute Gasteiger partial charge is 0.188 e. The second kappa shape index (κ2) is 10.1. The highest BCUT2D eigenvalue weighted by Gasteiger charge is 2.22. The van der Waals surface area contributed by atoms with Crippen molar-refractivity contribution < 1.29 is 0 Å². The van der Waals surface area contributed by atoms with Crippen molar-refractivity contribution in [1.82, 2.24) is 19.5 Å². The number of para-hydroxylation sites is 1. The lowest BCUT2D eigenvalue weighted by Crippen LogP contribution is -2.08. The summed E-state index contributed by atoms with van der Waals surface area (Å²) in [5.74, 6) is 1.50. The third kappa shape index (κ3) is 4.20. The molecule has 0 spiro atoms. The molecule has 7 aromatic rings. The normalized spacial score (nSPS) is 11.9. The van der Waals surface area contributed by atoms with Gasteiger partial charge in [0, 0.05) is 23.3 Å². The van der Waals surface area contributed by atoms with E-state index in [9.17, 15) is 4.79 Å². The molecule has 1 N–H and O–H groups in total. The maximum atomic E-state index is 13.0. The van der Waals surface area contributed by atoms with Crippen LogP contribution in [0.3, 0.4) is 0 Å². The molecule has 206 valence electrons. The molecule has 5 nitrogen and oxygen atoms in total. The Labute approximate surface area is 244 Å². The number of fused-ring (bicyclic) bond motifs is 4. The van der Waals surface area contributed by atoms with E-state index in [2.05, 4.69) is 97.0 Å². The van der Waals surface area contributed by atoms with Crippen LogP contribution in [-0.4, -0.2) is 19.5 Å². The molecule has 0 unspecified atom stereocenters. The molecule has 4 aromatic carbocycles. The molecule has 0 fully saturated rings. The number of aromatic amines is 1. The SMILES string of the molecule is CC(C)c1cccc(C(C)C)c1-n1cc(-c2ccc3ccc4cccc(=O)c4c3[nH]2)nc1-c1cccc2ncccc12. The van der Waals surface area contributed by atoms with E-state index >= 15 is 0 Å². The van der Waals surface area contributed by atoms with E-state index in [1.807, 2.05) is 42.6 Å². The average molecular weight is 549 g/mol. The first kappa shape index (κ1) is 25.9. The first-order chi connectivity index (χ1) is 20.4. The summed E-state index contributed by atoms with van der Waals surface area (Å²) in [6, 6.07) is 30.5. The van der Waals surface area contributed by atoms with Crippen molar-refractivity contribution in [3.8, 4) is 28.5 Å². The van der Waals surface area contributed by atoms with E-state index in [4.69, 9.17) is 4.98 Å². The fourth-order valence-electron chi connectivity index (χ4n) is 6.09. The summed E-state index contributed by atoms with van der Waals surface area (Å²) >= 11 is 0. The van der Waals surface area contributed by atoms with Gasteiger partial charge < -0.3 is 4.98 Å². The Morgan fingerprint density at radius 1 is 0.738 bits per heavy atom. The predicted octanol–water partition coefficient (Wildman–Crippen LogP) is 9.00. The first-order valence-electron chi connectivity index (χ1n) is 14.5. The number of pyridine rings is 2. The van der Waals surface area contributed by atoms with Crippen molar-refractivity contribution in [2.24, 2.45) is 0 Å². The van der Waals surface area contributed by atoms with Crippen molar-refractivity contribution in [3.63, 3.8) is 0 Å². The van der Waals surface area contributed by atoms with Gasteiger partial charge in [0.2, 0.25) is 0 Å². The Morgan fingerprint density at radius 3 is 2.24 bits per heavy atom. The van der Waals surface area contributed by atoms with Gasteiger partial charge >= 0.3 is 0 Å². The molecule has 0 amide bonds. The largest absolute Gasteiger partial charge is 0.353 e. The van der Waals surface area contributed by atoms with Crippen LogP contribution >= 0.6 is 0 Å². The Kier molecular flexibility index (Phi) is 6.23. The minimum atomic E-state index is 0.00779. The van der Waals surface area contributed by atoms with E-state index in [0.29, 0.717) is 17.2 Å². The molecule has 3 aromatic heterocycles. The van der Waals surface area contributed by atoms with E-state index in [0.717, 1.165) is 50.0 Å². The van der Waals surface area contributed by atoms with E-state index in [1.165, 1.54) is 16.8 Å². The van der Waals surface area contributed by atoms with E-state index in [-0.39, 0.29) is 5.43 Å². The molecule has 0 aliphatic rings. The topological polar surface area (TPSA) is 63.6 Å². The molecular weight excluding hydrogens is 516 g/mol. The summed E-state index contributed by atoms with van der Waals surface area (Å²) in [5, 5.41) is 3.66. The number of nitrogens with one attached hydrogen (secondary N) is 1. The van der Waals surface area contributed by atoms with Crippen LogP contribution in [0.15, 0.2) is 108 Å². The molecule has 42 heavy (non-hydrogen) atoms. The van der Waals surface area contributed by atoms with E-state index in [1.54, 1.807) is 6.07 Å². The van der Waals surface area contributed by atoms with Gasteiger partial charge in [0.25, 0.3) is 0 Å². The maximum Gasteiger partial charge on any atom is 0.188 e. The molecule has 5 heteroatoms. The van der Waals surface area contributed by atoms with Gasteiger partial charge in [-0.25, -0.2) is 4.98 Å². The zero-order valence-electron chi connectivity index (χ0n) is 24.2. The molecule has 0 atom stereocenters. The van der Waals surface area contributed by atoms with Crippen molar-refractivity contribution in [2.45, 2.75) is 39.5 Å². The molecule has 0 aliphatic heterocycles. The zero-order chi connectivity index (χ0) is 29.0. The quantitative estimate of drug-likeness (QED) is 0.218. The van der Waals surface area contributed by atoms with Crippen molar-refractivity contribution >= 4 is 32.6 Å². The highest BCUT2D eigenvalue weighted by atomic mass is 16.1. The first-order valence-corrected chi connectivity index (χ1v) is 14.5. The molecule has 0 radical (unpaired) electrons. The van der Waals surface area contributed by atoms with Gasteiger partial charge in [-0.3, -0.25) is 14.3 Å². The Balaban J connectivity index is 1.55. The van der Waals surface area contributed by atoms with Crippen LogP contribution in [0.25, 0.3) is 61.0 Å². The zero-order valence-corrected chi connectivity index (χ0v) is 24.2.